The van der Waals surface area contributed by atoms with Crippen LogP contribution in [0.25, 0.3) is 10.9 Å². The number of hydrogen-bond acceptors (Lipinski definition) is 3. The molecule has 1 aromatic heterocycles. The number of halogens is 2. The Balaban J connectivity index is 1.47. The molecule has 3 atom stereocenters. The fourth-order valence-electron chi connectivity index (χ4n) is 4.09. The molecule has 0 spiro atoms. The second kappa shape index (κ2) is 7.82. The third-order valence-corrected chi connectivity index (χ3v) is 5.85. The molecule has 8 heteroatoms. The number of nitrogens with zero attached hydrogens (tertiary/aromatic N) is 1. The first-order valence-corrected chi connectivity index (χ1v) is 9.95. The summed E-state index contributed by atoms with van der Waals surface area (Å²) in [5, 5.41) is 15.1. The Bertz CT molecular complexity index is 992. The number of fused-ring (bicyclic) bond motifs is 1. The van der Waals surface area contributed by atoms with Gasteiger partial charge in [0.05, 0.1) is 17.5 Å². The van der Waals surface area contributed by atoms with Crippen LogP contribution in [0.3, 0.4) is 0 Å². The molecule has 1 heterocycles. The number of carbonyl (C=O) groups excluding carboxylic acids is 2. The monoisotopic (exact) mass is 400 g/mol. The molecule has 1 unspecified atom stereocenters. The summed E-state index contributed by atoms with van der Waals surface area (Å²) < 4.78 is 27.3. The molecular formula is C21H22F2N4O2. The molecule has 0 bridgehead atoms. The minimum atomic E-state index is -0.743. The number of aromatic nitrogens is 1. The summed E-state index contributed by atoms with van der Waals surface area (Å²) >= 11 is 0. The maximum absolute atomic E-state index is 13.9. The van der Waals surface area contributed by atoms with Gasteiger partial charge in [-0.05, 0) is 43.7 Å². The van der Waals surface area contributed by atoms with Crippen molar-refractivity contribution in [3.63, 3.8) is 0 Å². The topological polar surface area (TPSA) is 97.8 Å². The SMILES string of the molecule is N#CC(NC(=O)[C@@H]1CCCC[C@@H]1NC(=O)c1cc2c(F)cc(F)cc2[nH]1)C1CC1. The standard InChI is InChI=1S/C21H22F2N4O2/c22-12-7-15(23)14-9-18(25-17(14)8-12)21(29)26-16-4-2-1-3-13(16)20(28)27-19(10-24)11-5-6-11/h7-9,11,13,16,19,25H,1-6H2,(H,26,29)(H,27,28)/t13-,16+,19?/m1/s1. The summed E-state index contributed by atoms with van der Waals surface area (Å²) in [6.07, 6.45) is 4.93. The highest BCUT2D eigenvalue weighted by molar-refractivity contribution is 5.98. The van der Waals surface area contributed by atoms with Crippen LogP contribution < -0.4 is 10.6 Å². The van der Waals surface area contributed by atoms with E-state index in [1.165, 1.54) is 6.07 Å². The highest BCUT2D eigenvalue weighted by Gasteiger charge is 2.37. The second-order valence-electron chi connectivity index (χ2n) is 7.96. The van der Waals surface area contributed by atoms with Crippen molar-refractivity contribution >= 4 is 22.7 Å². The van der Waals surface area contributed by atoms with Crippen LogP contribution in [0.4, 0.5) is 8.78 Å². The van der Waals surface area contributed by atoms with Gasteiger partial charge in [0, 0.05) is 17.5 Å². The van der Waals surface area contributed by atoms with E-state index < -0.39 is 29.5 Å². The number of amides is 2. The Hall–Kier alpha value is -2.95. The molecule has 1 aromatic carbocycles. The van der Waals surface area contributed by atoms with Gasteiger partial charge < -0.3 is 15.6 Å². The first kappa shape index (κ1) is 19.4. The van der Waals surface area contributed by atoms with Crippen molar-refractivity contribution in [2.45, 2.75) is 50.6 Å². The third kappa shape index (κ3) is 4.09. The van der Waals surface area contributed by atoms with Crippen molar-refractivity contribution in [3.05, 3.63) is 35.5 Å². The fraction of sp³-hybridized carbons (Fsp3) is 0.476. The molecule has 2 saturated carbocycles. The van der Waals surface area contributed by atoms with E-state index in [-0.39, 0.29) is 34.5 Å². The zero-order valence-corrected chi connectivity index (χ0v) is 15.8. The van der Waals surface area contributed by atoms with Gasteiger partial charge in [0.1, 0.15) is 23.4 Å². The molecule has 2 aliphatic rings. The van der Waals surface area contributed by atoms with E-state index in [1.807, 2.05) is 0 Å². The summed E-state index contributed by atoms with van der Waals surface area (Å²) in [5.74, 6) is -2.34. The number of carbonyl (C=O) groups is 2. The van der Waals surface area contributed by atoms with Crippen molar-refractivity contribution in [2.24, 2.45) is 11.8 Å². The Kier molecular flexibility index (Phi) is 5.22. The number of H-pyrrole nitrogens is 1. The van der Waals surface area contributed by atoms with Gasteiger partial charge >= 0.3 is 0 Å². The molecule has 152 valence electrons. The van der Waals surface area contributed by atoms with Gasteiger partial charge in [-0.1, -0.05) is 12.8 Å². The average molecular weight is 400 g/mol. The lowest BCUT2D eigenvalue weighted by atomic mass is 9.83. The normalized spacial score (nSPS) is 22.7. The van der Waals surface area contributed by atoms with Crippen LogP contribution in [0.1, 0.15) is 49.0 Å². The van der Waals surface area contributed by atoms with Crippen molar-refractivity contribution in [3.8, 4) is 6.07 Å². The number of hydrogen-bond donors (Lipinski definition) is 3. The van der Waals surface area contributed by atoms with Crippen LogP contribution in [-0.4, -0.2) is 28.9 Å². The Morgan fingerprint density at radius 2 is 1.90 bits per heavy atom. The van der Waals surface area contributed by atoms with E-state index in [2.05, 4.69) is 21.7 Å². The van der Waals surface area contributed by atoms with Gasteiger partial charge in [-0.2, -0.15) is 5.26 Å². The van der Waals surface area contributed by atoms with Crippen LogP contribution in [0.2, 0.25) is 0 Å². The fourth-order valence-corrected chi connectivity index (χ4v) is 4.09. The highest BCUT2D eigenvalue weighted by Crippen LogP contribution is 2.33. The highest BCUT2D eigenvalue weighted by atomic mass is 19.1. The smallest absolute Gasteiger partial charge is 0.267 e. The molecule has 29 heavy (non-hydrogen) atoms. The van der Waals surface area contributed by atoms with Crippen molar-refractivity contribution in [2.75, 3.05) is 0 Å². The molecule has 6 nitrogen and oxygen atoms in total. The predicted molar refractivity (Wildman–Crippen MR) is 102 cm³/mol. The van der Waals surface area contributed by atoms with Gasteiger partial charge in [0.2, 0.25) is 5.91 Å². The van der Waals surface area contributed by atoms with Gasteiger partial charge in [0.15, 0.2) is 0 Å². The first-order chi connectivity index (χ1) is 14.0. The van der Waals surface area contributed by atoms with E-state index in [1.54, 1.807) is 0 Å². The van der Waals surface area contributed by atoms with Crippen LogP contribution >= 0.6 is 0 Å². The zero-order valence-electron chi connectivity index (χ0n) is 15.8. The van der Waals surface area contributed by atoms with E-state index in [4.69, 9.17) is 0 Å². The maximum Gasteiger partial charge on any atom is 0.267 e. The molecule has 4 rings (SSSR count). The minimum Gasteiger partial charge on any atom is -0.350 e. The Labute approximate surface area is 166 Å². The van der Waals surface area contributed by atoms with E-state index in [0.29, 0.717) is 12.8 Å². The van der Waals surface area contributed by atoms with Gasteiger partial charge in [-0.15, -0.1) is 0 Å². The molecule has 2 aliphatic carbocycles. The molecule has 0 radical (unpaired) electrons. The van der Waals surface area contributed by atoms with E-state index in [9.17, 15) is 23.6 Å². The Morgan fingerprint density at radius 3 is 2.62 bits per heavy atom. The summed E-state index contributed by atoms with van der Waals surface area (Å²) in [4.78, 5) is 28.2. The number of benzene rings is 1. The minimum absolute atomic E-state index is 0.113. The van der Waals surface area contributed by atoms with Crippen LogP contribution in [0.15, 0.2) is 18.2 Å². The van der Waals surface area contributed by atoms with Gasteiger partial charge in [-0.25, -0.2) is 8.78 Å². The Morgan fingerprint density at radius 1 is 1.14 bits per heavy atom. The molecule has 3 N–H and O–H groups in total. The van der Waals surface area contributed by atoms with Crippen molar-refractivity contribution in [1.82, 2.24) is 15.6 Å². The summed E-state index contributed by atoms with van der Waals surface area (Å²) in [5.41, 5.74) is 0.314. The summed E-state index contributed by atoms with van der Waals surface area (Å²) in [6.45, 7) is 0. The predicted octanol–water partition coefficient (Wildman–Crippen LogP) is 3.15. The van der Waals surface area contributed by atoms with Crippen LogP contribution in [-0.2, 0) is 4.79 Å². The second-order valence-corrected chi connectivity index (χ2v) is 7.96. The van der Waals surface area contributed by atoms with Crippen molar-refractivity contribution < 1.29 is 18.4 Å². The molecule has 2 fully saturated rings. The first-order valence-electron chi connectivity index (χ1n) is 9.95. The van der Waals surface area contributed by atoms with Gasteiger partial charge in [0.25, 0.3) is 5.91 Å². The average Bonchev–Trinajstić information content (AvgIpc) is 3.44. The third-order valence-electron chi connectivity index (χ3n) is 5.85. The number of rotatable bonds is 5. The molecule has 0 aliphatic heterocycles. The quantitative estimate of drug-likeness (QED) is 0.719. The maximum atomic E-state index is 13.9. The van der Waals surface area contributed by atoms with Crippen LogP contribution in [0, 0.1) is 34.8 Å². The lowest BCUT2D eigenvalue weighted by molar-refractivity contribution is -0.127. The number of aromatic amines is 1. The van der Waals surface area contributed by atoms with E-state index in [0.717, 1.165) is 37.8 Å². The van der Waals surface area contributed by atoms with Crippen molar-refractivity contribution in [1.29, 1.82) is 5.26 Å². The summed E-state index contributed by atoms with van der Waals surface area (Å²) in [6, 6.07) is 4.54. The molecule has 2 amide bonds. The molecular weight excluding hydrogens is 378 g/mol. The number of nitriles is 1. The largest absolute Gasteiger partial charge is 0.350 e. The molecule has 2 aromatic rings. The van der Waals surface area contributed by atoms with Crippen LogP contribution in [0.5, 0.6) is 0 Å². The van der Waals surface area contributed by atoms with Gasteiger partial charge in [-0.3, -0.25) is 9.59 Å². The summed E-state index contributed by atoms with van der Waals surface area (Å²) in [7, 11) is 0. The lowest BCUT2D eigenvalue weighted by Gasteiger charge is -2.31. The molecule has 0 saturated heterocycles. The lowest BCUT2D eigenvalue weighted by Crippen LogP contribution is -2.50. The number of nitrogens with one attached hydrogen (secondary N) is 3. The zero-order chi connectivity index (χ0) is 20.5. The van der Waals surface area contributed by atoms with E-state index >= 15 is 0 Å².